The molecule has 2 heterocycles. The number of anilines is 1. The van der Waals surface area contributed by atoms with Gasteiger partial charge in [0.15, 0.2) is 10.8 Å². The maximum atomic E-state index is 12.2. The molecule has 2 aromatic heterocycles. The highest BCUT2D eigenvalue weighted by molar-refractivity contribution is 7.89. The van der Waals surface area contributed by atoms with Crippen LogP contribution in [0.5, 0.6) is 0 Å². The number of sulfonamides is 1. The Morgan fingerprint density at radius 1 is 1.29 bits per heavy atom. The number of nitrogens with one attached hydrogen (secondary N) is 1. The zero-order valence-corrected chi connectivity index (χ0v) is 14.7. The average Bonchev–Trinajstić information content (AvgIpc) is 3.11. The van der Waals surface area contributed by atoms with Crippen LogP contribution in [-0.4, -0.2) is 42.9 Å². The SMILES string of the molecule is Cc1cc(C(=O)Nc2nc3ccc(S(=O)(=O)N(C)C)cc3s2)no1. The highest BCUT2D eigenvalue weighted by Crippen LogP contribution is 2.29. The van der Waals surface area contributed by atoms with Crippen molar-refractivity contribution >= 4 is 42.6 Å². The van der Waals surface area contributed by atoms with Gasteiger partial charge in [0.25, 0.3) is 5.91 Å². The summed E-state index contributed by atoms with van der Waals surface area (Å²) in [5.41, 5.74) is 0.756. The van der Waals surface area contributed by atoms with E-state index in [2.05, 4.69) is 15.5 Å². The highest BCUT2D eigenvalue weighted by Gasteiger charge is 2.19. The van der Waals surface area contributed by atoms with E-state index in [1.54, 1.807) is 13.0 Å². The molecule has 24 heavy (non-hydrogen) atoms. The molecule has 0 spiro atoms. The minimum absolute atomic E-state index is 0.155. The lowest BCUT2D eigenvalue weighted by molar-refractivity contribution is 0.101. The van der Waals surface area contributed by atoms with E-state index in [0.717, 1.165) is 4.31 Å². The molecule has 1 amide bonds. The summed E-state index contributed by atoms with van der Waals surface area (Å²) in [6.07, 6.45) is 0. The molecular formula is C14H14N4O4S2. The summed E-state index contributed by atoms with van der Waals surface area (Å²) in [6, 6.07) is 6.16. The Bertz CT molecular complexity index is 1020. The van der Waals surface area contributed by atoms with Gasteiger partial charge < -0.3 is 4.52 Å². The number of hydrogen-bond acceptors (Lipinski definition) is 7. The predicted molar refractivity (Wildman–Crippen MR) is 89.7 cm³/mol. The van der Waals surface area contributed by atoms with Crippen molar-refractivity contribution < 1.29 is 17.7 Å². The van der Waals surface area contributed by atoms with E-state index in [1.165, 1.54) is 43.6 Å². The summed E-state index contributed by atoms with van der Waals surface area (Å²) in [6.45, 7) is 1.69. The topological polar surface area (TPSA) is 105 Å². The molecule has 0 saturated heterocycles. The van der Waals surface area contributed by atoms with Gasteiger partial charge in [0.2, 0.25) is 10.0 Å². The Labute approximate surface area is 142 Å². The fourth-order valence-corrected chi connectivity index (χ4v) is 3.87. The van der Waals surface area contributed by atoms with Crippen molar-refractivity contribution in [3.8, 4) is 0 Å². The van der Waals surface area contributed by atoms with Crippen molar-refractivity contribution in [3.05, 3.63) is 35.7 Å². The maximum Gasteiger partial charge on any atom is 0.279 e. The van der Waals surface area contributed by atoms with Gasteiger partial charge in [-0.15, -0.1) is 0 Å². The van der Waals surface area contributed by atoms with Gasteiger partial charge in [0.1, 0.15) is 5.76 Å². The molecule has 0 aliphatic heterocycles. The summed E-state index contributed by atoms with van der Waals surface area (Å²) in [7, 11) is -0.580. The summed E-state index contributed by atoms with van der Waals surface area (Å²) in [4.78, 5) is 16.5. The number of rotatable bonds is 4. The first-order valence-corrected chi connectivity index (χ1v) is 9.11. The monoisotopic (exact) mass is 366 g/mol. The summed E-state index contributed by atoms with van der Waals surface area (Å²) in [5.74, 6) is 0.0926. The van der Waals surface area contributed by atoms with Crippen LogP contribution in [0.25, 0.3) is 10.2 Å². The molecule has 0 unspecified atom stereocenters. The van der Waals surface area contributed by atoms with Crippen molar-refractivity contribution in [3.63, 3.8) is 0 Å². The van der Waals surface area contributed by atoms with Gasteiger partial charge in [-0.2, -0.15) is 0 Å². The first-order valence-electron chi connectivity index (χ1n) is 6.85. The second-order valence-corrected chi connectivity index (χ2v) is 8.40. The minimum Gasteiger partial charge on any atom is -0.361 e. The molecule has 0 fully saturated rings. The molecule has 3 aromatic rings. The second-order valence-electron chi connectivity index (χ2n) is 5.21. The molecule has 0 saturated carbocycles. The van der Waals surface area contributed by atoms with Gasteiger partial charge in [-0.25, -0.2) is 17.7 Å². The van der Waals surface area contributed by atoms with Crippen molar-refractivity contribution in [2.24, 2.45) is 0 Å². The van der Waals surface area contributed by atoms with Gasteiger partial charge >= 0.3 is 0 Å². The normalized spacial score (nSPS) is 12.0. The Hall–Kier alpha value is -2.30. The number of fused-ring (bicyclic) bond motifs is 1. The van der Waals surface area contributed by atoms with Crippen LogP contribution in [0, 0.1) is 6.92 Å². The zero-order valence-electron chi connectivity index (χ0n) is 13.1. The van der Waals surface area contributed by atoms with Crippen LogP contribution in [0.3, 0.4) is 0 Å². The largest absolute Gasteiger partial charge is 0.361 e. The molecular weight excluding hydrogens is 352 g/mol. The number of thiazole rings is 1. The zero-order chi connectivity index (χ0) is 17.5. The van der Waals surface area contributed by atoms with E-state index in [1.807, 2.05) is 0 Å². The smallest absolute Gasteiger partial charge is 0.279 e. The number of benzene rings is 1. The van der Waals surface area contributed by atoms with Crippen molar-refractivity contribution in [2.45, 2.75) is 11.8 Å². The first kappa shape index (κ1) is 16.6. The third kappa shape index (κ3) is 3.03. The molecule has 0 atom stereocenters. The lowest BCUT2D eigenvalue weighted by atomic mass is 10.3. The molecule has 10 heteroatoms. The van der Waals surface area contributed by atoms with E-state index in [-0.39, 0.29) is 10.6 Å². The number of aromatic nitrogens is 2. The van der Waals surface area contributed by atoms with Crippen LogP contribution in [0.15, 0.2) is 33.7 Å². The Morgan fingerprint density at radius 3 is 2.67 bits per heavy atom. The number of aryl methyl sites for hydroxylation is 1. The predicted octanol–water partition coefficient (Wildman–Crippen LogP) is 2.10. The van der Waals surface area contributed by atoms with E-state index in [0.29, 0.717) is 21.1 Å². The fraction of sp³-hybridized carbons (Fsp3) is 0.214. The Balaban J connectivity index is 1.90. The maximum absolute atomic E-state index is 12.2. The number of nitrogens with zero attached hydrogens (tertiary/aromatic N) is 3. The van der Waals surface area contributed by atoms with Crippen LogP contribution in [-0.2, 0) is 10.0 Å². The Morgan fingerprint density at radius 2 is 2.04 bits per heavy atom. The number of carbonyl (C=O) groups is 1. The fourth-order valence-electron chi connectivity index (χ4n) is 1.96. The minimum atomic E-state index is -3.52. The summed E-state index contributed by atoms with van der Waals surface area (Å²) >= 11 is 1.18. The highest BCUT2D eigenvalue weighted by atomic mass is 32.2. The number of amides is 1. The van der Waals surface area contributed by atoms with Crippen molar-refractivity contribution in [2.75, 3.05) is 19.4 Å². The molecule has 8 nitrogen and oxygen atoms in total. The van der Waals surface area contributed by atoms with E-state index < -0.39 is 15.9 Å². The molecule has 0 radical (unpaired) electrons. The first-order chi connectivity index (χ1) is 11.3. The molecule has 3 rings (SSSR count). The molecule has 1 N–H and O–H groups in total. The molecule has 1 aromatic carbocycles. The standard InChI is InChI=1S/C14H14N4O4S2/c1-8-6-11(17-22-8)13(19)16-14-15-10-5-4-9(7-12(10)23-14)24(20,21)18(2)3/h4-7H,1-3H3,(H,15,16,19). The lowest BCUT2D eigenvalue weighted by Gasteiger charge is -2.10. The summed E-state index contributed by atoms with van der Waals surface area (Å²) in [5, 5.41) is 6.62. The lowest BCUT2D eigenvalue weighted by Crippen LogP contribution is -2.22. The van der Waals surface area contributed by atoms with Crippen LogP contribution in [0.1, 0.15) is 16.2 Å². The van der Waals surface area contributed by atoms with Crippen LogP contribution >= 0.6 is 11.3 Å². The van der Waals surface area contributed by atoms with E-state index >= 15 is 0 Å². The molecule has 0 aliphatic carbocycles. The summed E-state index contributed by atoms with van der Waals surface area (Å²) < 4.78 is 31.0. The number of hydrogen-bond donors (Lipinski definition) is 1. The van der Waals surface area contributed by atoms with Gasteiger partial charge in [-0.05, 0) is 25.1 Å². The van der Waals surface area contributed by atoms with E-state index in [4.69, 9.17) is 4.52 Å². The molecule has 0 bridgehead atoms. The van der Waals surface area contributed by atoms with Gasteiger partial charge in [-0.1, -0.05) is 16.5 Å². The molecule has 126 valence electrons. The van der Waals surface area contributed by atoms with E-state index in [9.17, 15) is 13.2 Å². The van der Waals surface area contributed by atoms with Crippen LogP contribution in [0.2, 0.25) is 0 Å². The second kappa shape index (κ2) is 5.96. The van der Waals surface area contributed by atoms with Crippen LogP contribution in [0.4, 0.5) is 5.13 Å². The number of carbonyl (C=O) groups excluding carboxylic acids is 1. The van der Waals surface area contributed by atoms with Gasteiger partial charge in [-0.3, -0.25) is 10.1 Å². The Kier molecular flexibility index (Phi) is 4.11. The third-order valence-corrected chi connectivity index (χ3v) is 5.96. The average molecular weight is 366 g/mol. The molecule has 0 aliphatic rings. The quantitative estimate of drug-likeness (QED) is 0.758. The van der Waals surface area contributed by atoms with Crippen molar-refractivity contribution in [1.82, 2.24) is 14.4 Å². The van der Waals surface area contributed by atoms with Crippen LogP contribution < -0.4 is 5.32 Å². The third-order valence-electron chi connectivity index (χ3n) is 3.22. The van der Waals surface area contributed by atoms with Crippen molar-refractivity contribution in [1.29, 1.82) is 0 Å². The van der Waals surface area contributed by atoms with Gasteiger partial charge in [0, 0.05) is 20.2 Å². The van der Waals surface area contributed by atoms with Gasteiger partial charge in [0.05, 0.1) is 15.1 Å².